The molecule has 4 nitrogen and oxygen atoms in total. The topological polar surface area (TPSA) is 68.2 Å². The summed E-state index contributed by atoms with van der Waals surface area (Å²) in [5.41, 5.74) is 5.08. The van der Waals surface area contributed by atoms with Crippen molar-refractivity contribution < 1.29 is 5.11 Å². The van der Waals surface area contributed by atoms with Gasteiger partial charge in [-0.1, -0.05) is 12.8 Å². The number of aromatic hydroxyl groups is 1. The van der Waals surface area contributed by atoms with Crippen LogP contribution in [0.5, 0.6) is 5.75 Å². The summed E-state index contributed by atoms with van der Waals surface area (Å²) >= 11 is 0. The first kappa shape index (κ1) is 9.12. The number of rotatable bonds is 3. The largest absolute Gasteiger partial charge is 0.506 e. The van der Waals surface area contributed by atoms with E-state index in [1.807, 2.05) is 0 Å². The molecule has 0 aromatic carbocycles. The summed E-state index contributed by atoms with van der Waals surface area (Å²) in [6.07, 6.45) is 5.19. The number of hydrogen-bond donors (Lipinski definition) is 2. The van der Waals surface area contributed by atoms with E-state index in [2.05, 4.69) is 0 Å². The molecule has 2 rings (SSSR count). The SMILES string of the molecule is Nc1c(O)ccn(CCC2CC2)c1=O. The molecule has 1 aliphatic carbocycles. The number of pyridine rings is 1. The van der Waals surface area contributed by atoms with Crippen molar-refractivity contribution in [3.8, 4) is 5.75 Å². The molecule has 0 saturated heterocycles. The number of nitrogen functional groups attached to an aromatic ring is 1. The van der Waals surface area contributed by atoms with Gasteiger partial charge in [0.15, 0.2) is 0 Å². The first-order valence-electron chi connectivity index (χ1n) is 4.86. The van der Waals surface area contributed by atoms with Crippen molar-refractivity contribution in [1.82, 2.24) is 4.57 Å². The third-order valence-electron chi connectivity index (χ3n) is 2.65. The first-order valence-corrected chi connectivity index (χ1v) is 4.86. The second kappa shape index (κ2) is 3.36. The van der Waals surface area contributed by atoms with Crippen molar-refractivity contribution in [2.75, 3.05) is 5.73 Å². The fraction of sp³-hybridized carbons (Fsp3) is 0.500. The number of aromatic nitrogens is 1. The van der Waals surface area contributed by atoms with Crippen molar-refractivity contribution in [1.29, 1.82) is 0 Å². The van der Waals surface area contributed by atoms with Crippen LogP contribution in [-0.4, -0.2) is 9.67 Å². The lowest BCUT2D eigenvalue weighted by Crippen LogP contribution is -2.22. The van der Waals surface area contributed by atoms with Gasteiger partial charge in [0.2, 0.25) is 0 Å². The van der Waals surface area contributed by atoms with E-state index in [9.17, 15) is 9.90 Å². The number of aryl methyl sites for hydroxylation is 1. The Labute approximate surface area is 82.0 Å². The van der Waals surface area contributed by atoms with Gasteiger partial charge in [-0.2, -0.15) is 0 Å². The monoisotopic (exact) mass is 194 g/mol. The highest BCUT2D eigenvalue weighted by Gasteiger charge is 2.20. The molecular formula is C10H14N2O2. The van der Waals surface area contributed by atoms with Gasteiger partial charge in [-0.15, -0.1) is 0 Å². The van der Waals surface area contributed by atoms with Gasteiger partial charge in [-0.05, 0) is 18.4 Å². The lowest BCUT2D eigenvalue weighted by molar-refractivity contribution is 0.472. The molecule has 76 valence electrons. The lowest BCUT2D eigenvalue weighted by atomic mass is 10.3. The smallest absolute Gasteiger partial charge is 0.277 e. The summed E-state index contributed by atoms with van der Waals surface area (Å²) in [5.74, 6) is 0.662. The number of anilines is 1. The Balaban J connectivity index is 2.16. The Bertz CT molecular complexity index is 394. The molecule has 1 fully saturated rings. The Morgan fingerprint density at radius 2 is 2.29 bits per heavy atom. The minimum Gasteiger partial charge on any atom is -0.506 e. The zero-order valence-corrected chi connectivity index (χ0v) is 7.94. The lowest BCUT2D eigenvalue weighted by Gasteiger charge is -2.06. The van der Waals surface area contributed by atoms with Gasteiger partial charge >= 0.3 is 0 Å². The van der Waals surface area contributed by atoms with Gasteiger partial charge in [0.05, 0.1) is 0 Å². The van der Waals surface area contributed by atoms with Crippen molar-refractivity contribution in [3.63, 3.8) is 0 Å². The molecular weight excluding hydrogens is 180 g/mol. The van der Waals surface area contributed by atoms with E-state index in [1.165, 1.54) is 18.9 Å². The molecule has 1 aliphatic rings. The molecule has 0 atom stereocenters. The van der Waals surface area contributed by atoms with Gasteiger partial charge in [0, 0.05) is 12.7 Å². The van der Waals surface area contributed by atoms with Gasteiger partial charge in [-0.25, -0.2) is 0 Å². The van der Waals surface area contributed by atoms with Crippen LogP contribution in [0, 0.1) is 5.92 Å². The van der Waals surface area contributed by atoms with E-state index in [4.69, 9.17) is 5.73 Å². The molecule has 1 aromatic heterocycles. The van der Waals surface area contributed by atoms with Crippen LogP contribution in [-0.2, 0) is 6.54 Å². The Hall–Kier alpha value is -1.45. The maximum atomic E-state index is 11.5. The number of nitrogens with zero attached hydrogens (tertiary/aromatic N) is 1. The quantitative estimate of drug-likeness (QED) is 0.752. The van der Waals surface area contributed by atoms with Gasteiger partial charge < -0.3 is 15.4 Å². The molecule has 0 aliphatic heterocycles. The van der Waals surface area contributed by atoms with Crippen LogP contribution >= 0.6 is 0 Å². The number of hydrogen-bond acceptors (Lipinski definition) is 3. The van der Waals surface area contributed by atoms with E-state index in [1.54, 1.807) is 10.8 Å². The van der Waals surface area contributed by atoms with Crippen LogP contribution in [0.25, 0.3) is 0 Å². The standard InChI is InChI=1S/C10H14N2O2/c11-9-8(13)4-6-12(10(9)14)5-3-7-1-2-7/h4,6-7,13H,1-3,5,11H2. The maximum Gasteiger partial charge on any atom is 0.277 e. The fourth-order valence-electron chi connectivity index (χ4n) is 1.49. The van der Waals surface area contributed by atoms with E-state index < -0.39 is 0 Å². The molecule has 0 radical (unpaired) electrons. The second-order valence-electron chi connectivity index (χ2n) is 3.85. The fourth-order valence-corrected chi connectivity index (χ4v) is 1.49. The van der Waals surface area contributed by atoms with E-state index >= 15 is 0 Å². The molecule has 14 heavy (non-hydrogen) atoms. The maximum absolute atomic E-state index is 11.5. The number of nitrogens with two attached hydrogens (primary N) is 1. The highest BCUT2D eigenvalue weighted by molar-refractivity contribution is 5.48. The summed E-state index contributed by atoms with van der Waals surface area (Å²) in [7, 11) is 0. The van der Waals surface area contributed by atoms with E-state index in [0.717, 1.165) is 12.3 Å². The van der Waals surface area contributed by atoms with Crippen LogP contribution in [0.1, 0.15) is 19.3 Å². The summed E-state index contributed by atoms with van der Waals surface area (Å²) in [4.78, 5) is 11.5. The van der Waals surface area contributed by atoms with Gasteiger partial charge in [0.1, 0.15) is 11.4 Å². The molecule has 0 amide bonds. The summed E-state index contributed by atoms with van der Waals surface area (Å²) in [6, 6.07) is 1.46. The summed E-state index contributed by atoms with van der Waals surface area (Å²) in [5, 5.41) is 9.18. The first-order chi connectivity index (χ1) is 6.68. The molecule has 0 bridgehead atoms. The molecule has 0 unspecified atom stereocenters. The van der Waals surface area contributed by atoms with Gasteiger partial charge in [0.25, 0.3) is 5.56 Å². The van der Waals surface area contributed by atoms with Crippen LogP contribution in [0.3, 0.4) is 0 Å². The molecule has 4 heteroatoms. The molecule has 1 heterocycles. The zero-order chi connectivity index (χ0) is 10.1. The Morgan fingerprint density at radius 3 is 2.93 bits per heavy atom. The van der Waals surface area contributed by atoms with Crippen LogP contribution in [0.2, 0.25) is 0 Å². The average molecular weight is 194 g/mol. The second-order valence-corrected chi connectivity index (χ2v) is 3.85. The molecule has 3 N–H and O–H groups in total. The van der Waals surface area contributed by atoms with Crippen molar-refractivity contribution >= 4 is 5.69 Å². The van der Waals surface area contributed by atoms with Gasteiger partial charge in [-0.3, -0.25) is 4.79 Å². The van der Waals surface area contributed by atoms with Crippen LogP contribution in [0.4, 0.5) is 5.69 Å². The molecule has 0 spiro atoms. The Kier molecular flexibility index (Phi) is 2.19. The third kappa shape index (κ3) is 1.73. The van der Waals surface area contributed by atoms with Crippen molar-refractivity contribution in [2.24, 2.45) is 5.92 Å². The third-order valence-corrected chi connectivity index (χ3v) is 2.65. The molecule has 1 saturated carbocycles. The van der Waals surface area contributed by atoms with Crippen LogP contribution < -0.4 is 11.3 Å². The predicted octanol–water partition coefficient (Wildman–Crippen LogP) is 0.936. The zero-order valence-electron chi connectivity index (χ0n) is 7.94. The Morgan fingerprint density at radius 1 is 1.57 bits per heavy atom. The minimum absolute atomic E-state index is 0.0525. The van der Waals surface area contributed by atoms with E-state index in [-0.39, 0.29) is 17.0 Å². The van der Waals surface area contributed by atoms with Crippen molar-refractivity contribution in [3.05, 3.63) is 22.6 Å². The van der Waals surface area contributed by atoms with Crippen LogP contribution in [0.15, 0.2) is 17.1 Å². The summed E-state index contributed by atoms with van der Waals surface area (Å²) in [6.45, 7) is 0.702. The van der Waals surface area contributed by atoms with E-state index in [0.29, 0.717) is 6.54 Å². The normalized spacial score (nSPS) is 15.7. The van der Waals surface area contributed by atoms with Crippen molar-refractivity contribution in [2.45, 2.75) is 25.8 Å². The average Bonchev–Trinajstić information content (AvgIpc) is 2.97. The molecule has 1 aromatic rings. The predicted molar refractivity (Wildman–Crippen MR) is 54.1 cm³/mol. The highest BCUT2D eigenvalue weighted by atomic mass is 16.3. The summed E-state index contributed by atoms with van der Waals surface area (Å²) < 4.78 is 1.56. The minimum atomic E-state index is -0.286. The highest BCUT2D eigenvalue weighted by Crippen LogP contribution is 2.32.